The van der Waals surface area contributed by atoms with Crippen LogP contribution in [0.4, 0.5) is 0 Å². The van der Waals surface area contributed by atoms with Crippen molar-refractivity contribution in [3.63, 3.8) is 0 Å². The normalized spacial score (nSPS) is 12.7. The lowest BCUT2D eigenvalue weighted by molar-refractivity contribution is -0.135. The molecule has 1 heterocycles. The van der Waals surface area contributed by atoms with Gasteiger partial charge < -0.3 is 4.74 Å². The van der Waals surface area contributed by atoms with Crippen molar-refractivity contribution in [2.45, 2.75) is 6.92 Å². The molecule has 1 aliphatic heterocycles. The molecule has 0 bridgehead atoms. The second kappa shape index (κ2) is 11.1. The molecule has 1 aliphatic rings. The van der Waals surface area contributed by atoms with Crippen LogP contribution in [0.25, 0.3) is 0 Å². The minimum absolute atomic E-state index is 0.0565. The summed E-state index contributed by atoms with van der Waals surface area (Å²) in [5.41, 5.74) is 0.478. The van der Waals surface area contributed by atoms with Crippen molar-refractivity contribution in [2.24, 2.45) is 0 Å². The highest BCUT2D eigenvalue weighted by atomic mass is 31.2. The van der Waals surface area contributed by atoms with E-state index in [4.69, 9.17) is 4.74 Å². The maximum atomic E-state index is 14.4. The number of hydrogen-bond acceptors (Lipinski definition) is 5. The lowest BCUT2D eigenvalue weighted by atomic mass is 10.1. The number of benzene rings is 4. The number of hydrogen-bond donors (Lipinski definition) is 0. The summed E-state index contributed by atoms with van der Waals surface area (Å²) in [5, 5.41) is 2.27. The van der Waals surface area contributed by atoms with E-state index in [1.54, 1.807) is 31.2 Å². The molecule has 39 heavy (non-hydrogen) atoms. The fourth-order valence-electron chi connectivity index (χ4n) is 5.03. The molecular formula is C32H26NO5P. The van der Waals surface area contributed by atoms with E-state index >= 15 is 0 Å². The number of imide groups is 1. The summed E-state index contributed by atoms with van der Waals surface area (Å²) in [6.45, 7) is -1.97. The largest absolute Gasteiger partial charge is 0.462 e. The number of ether oxygens (including phenoxy) is 1. The van der Waals surface area contributed by atoms with Crippen molar-refractivity contribution < 1.29 is 23.9 Å². The smallest absolute Gasteiger partial charge is 0.342 e. The Labute approximate surface area is 226 Å². The number of nitrogens with zero attached hydrogens (tertiary/aromatic N) is 1. The van der Waals surface area contributed by atoms with Gasteiger partial charge in [-0.3, -0.25) is 19.3 Å². The topological polar surface area (TPSA) is 80.8 Å². The minimum Gasteiger partial charge on any atom is -0.462 e. The van der Waals surface area contributed by atoms with Gasteiger partial charge in [-0.15, -0.1) is 0 Å². The van der Waals surface area contributed by atoms with Crippen molar-refractivity contribution in [3.05, 3.63) is 126 Å². The number of Topliss-reactive ketones (excluding diaryl/α,β-unsaturated/α-hetero) is 1. The number of carbonyl (C=O) groups excluding carboxylic acids is 4. The average Bonchev–Trinajstić information content (AvgIpc) is 3.22. The van der Waals surface area contributed by atoms with Crippen LogP contribution in [0.15, 0.2) is 115 Å². The van der Waals surface area contributed by atoms with Crippen molar-refractivity contribution in [1.82, 2.24) is 4.90 Å². The van der Waals surface area contributed by atoms with Gasteiger partial charge in [-0.25, -0.2) is 4.79 Å². The second-order valence-electron chi connectivity index (χ2n) is 8.91. The van der Waals surface area contributed by atoms with Crippen LogP contribution < -0.4 is 15.9 Å². The highest BCUT2D eigenvalue weighted by Gasteiger charge is 2.41. The highest BCUT2D eigenvalue weighted by molar-refractivity contribution is 7.97. The van der Waals surface area contributed by atoms with Gasteiger partial charge in [-0.05, 0) is 41.9 Å². The van der Waals surface area contributed by atoms with Gasteiger partial charge in [0.15, 0.2) is 5.78 Å². The molecule has 0 unspecified atom stereocenters. The maximum absolute atomic E-state index is 14.4. The molecule has 0 atom stereocenters. The van der Waals surface area contributed by atoms with E-state index in [1.165, 1.54) is 0 Å². The number of esters is 1. The van der Waals surface area contributed by atoms with E-state index in [-0.39, 0.29) is 23.0 Å². The van der Waals surface area contributed by atoms with Gasteiger partial charge in [-0.2, -0.15) is 0 Å². The van der Waals surface area contributed by atoms with E-state index in [1.807, 2.05) is 91.0 Å². The standard InChI is InChI=1S/C32H26NO5P/c1-2-38-32(37)29(28(34)22-33-30(35)26-20-12-13-21-27(26)31(33)36)39(23-14-6-3-7-15-23,24-16-8-4-9-17-24)25-18-10-5-11-19-25/h3-21H,2,22H2,1H3/i22+1. The lowest BCUT2D eigenvalue weighted by Gasteiger charge is -2.31. The molecule has 0 spiro atoms. The zero-order valence-electron chi connectivity index (χ0n) is 21.3. The van der Waals surface area contributed by atoms with Gasteiger partial charge in [0.1, 0.15) is 5.29 Å². The zero-order chi connectivity index (χ0) is 27.4. The maximum Gasteiger partial charge on any atom is 0.342 e. The minimum atomic E-state index is -3.13. The first kappa shape index (κ1) is 26.1. The summed E-state index contributed by atoms with van der Waals surface area (Å²) in [5.74, 6) is -2.51. The first-order chi connectivity index (χ1) is 19.0. The zero-order valence-corrected chi connectivity index (χ0v) is 22.2. The summed E-state index contributed by atoms with van der Waals surface area (Å²) in [6, 6.07) is 34.7. The average molecular weight is 537 g/mol. The fourth-order valence-corrected chi connectivity index (χ4v) is 9.34. The van der Waals surface area contributed by atoms with Gasteiger partial charge in [0.25, 0.3) is 11.8 Å². The molecule has 0 aromatic heterocycles. The van der Waals surface area contributed by atoms with Crippen LogP contribution in [0.1, 0.15) is 27.6 Å². The van der Waals surface area contributed by atoms with E-state index in [9.17, 15) is 19.2 Å². The second-order valence-corrected chi connectivity index (χ2v) is 12.2. The fraction of sp³-hybridized carbons (Fsp3) is 0.0938. The van der Waals surface area contributed by atoms with Crippen LogP contribution in [0.5, 0.6) is 0 Å². The van der Waals surface area contributed by atoms with Gasteiger partial charge in [-0.1, -0.05) is 103 Å². The molecule has 0 fully saturated rings. The molecule has 6 nitrogen and oxygen atoms in total. The van der Waals surface area contributed by atoms with Gasteiger partial charge >= 0.3 is 5.97 Å². The van der Waals surface area contributed by atoms with Crippen molar-refractivity contribution in [3.8, 4) is 0 Å². The monoisotopic (exact) mass is 536 g/mol. The van der Waals surface area contributed by atoms with Crippen LogP contribution in [-0.4, -0.2) is 46.9 Å². The Morgan fingerprint density at radius 3 is 1.41 bits per heavy atom. The van der Waals surface area contributed by atoms with E-state index in [2.05, 4.69) is 0 Å². The summed E-state index contributed by atoms with van der Waals surface area (Å²) in [7, 11) is 0. The molecule has 0 saturated heterocycles. The Kier molecular flexibility index (Phi) is 7.40. The summed E-state index contributed by atoms with van der Waals surface area (Å²) >= 11 is 0. The van der Waals surface area contributed by atoms with Crippen LogP contribution in [0.3, 0.4) is 0 Å². The molecule has 4 aromatic rings. The predicted octanol–water partition coefficient (Wildman–Crippen LogP) is 3.58. The van der Waals surface area contributed by atoms with Crippen LogP contribution in [-0.2, 0) is 14.3 Å². The molecule has 7 heteroatoms. The first-order valence-electron chi connectivity index (χ1n) is 12.6. The third-order valence-corrected chi connectivity index (χ3v) is 11.0. The number of ketones is 1. The first-order valence-corrected chi connectivity index (χ1v) is 14.4. The third kappa shape index (κ3) is 4.53. The quantitative estimate of drug-likeness (QED) is 0.113. The molecule has 0 saturated carbocycles. The Morgan fingerprint density at radius 2 is 1.03 bits per heavy atom. The predicted molar refractivity (Wildman–Crippen MR) is 154 cm³/mol. The van der Waals surface area contributed by atoms with Crippen LogP contribution in [0, 0.1) is 0 Å². The number of rotatable bonds is 8. The summed E-state index contributed by atoms with van der Waals surface area (Å²) in [6.07, 6.45) is 0. The molecule has 0 radical (unpaired) electrons. The number of amides is 2. The molecule has 194 valence electrons. The Bertz CT molecular complexity index is 1480. The lowest BCUT2D eigenvalue weighted by Crippen LogP contribution is -2.44. The molecule has 0 N–H and O–H groups in total. The third-order valence-electron chi connectivity index (χ3n) is 6.68. The molecule has 2 amide bonds. The van der Waals surface area contributed by atoms with E-state index in [0.717, 1.165) is 20.8 Å². The molecule has 4 aromatic carbocycles. The molecular weight excluding hydrogens is 510 g/mol. The summed E-state index contributed by atoms with van der Waals surface area (Å²) in [4.78, 5) is 55.5. The number of fused-ring (bicyclic) bond motifs is 1. The summed E-state index contributed by atoms with van der Waals surface area (Å²) < 4.78 is 5.52. The van der Waals surface area contributed by atoms with Crippen LogP contribution in [0.2, 0.25) is 0 Å². The van der Waals surface area contributed by atoms with E-state index < -0.39 is 37.0 Å². The van der Waals surface area contributed by atoms with Gasteiger partial charge in [0, 0.05) is 0 Å². The van der Waals surface area contributed by atoms with E-state index in [0.29, 0.717) is 0 Å². The van der Waals surface area contributed by atoms with Crippen molar-refractivity contribution >= 4 is 51.7 Å². The Hall–Kier alpha value is -4.54. The van der Waals surface area contributed by atoms with Gasteiger partial charge in [0.2, 0.25) is 0 Å². The Morgan fingerprint density at radius 1 is 0.641 bits per heavy atom. The number of carbonyl (C=O) groups is 4. The van der Waals surface area contributed by atoms with Gasteiger partial charge in [0.05, 0.1) is 24.3 Å². The highest BCUT2D eigenvalue weighted by Crippen LogP contribution is 2.46. The SMILES string of the molecule is CCOC(=O)C(C(=O)[13CH2]N1C(=O)c2ccccc2C1=O)=P(c1ccccc1)(c1ccccc1)c1ccccc1. The Balaban J connectivity index is 1.82. The van der Waals surface area contributed by atoms with Crippen molar-refractivity contribution in [1.29, 1.82) is 0 Å². The van der Waals surface area contributed by atoms with Crippen molar-refractivity contribution in [2.75, 3.05) is 13.2 Å². The van der Waals surface area contributed by atoms with Crippen LogP contribution >= 0.6 is 6.89 Å². The molecule has 0 aliphatic carbocycles. The molecule has 5 rings (SSSR count).